The zero-order chi connectivity index (χ0) is 23.2. The number of fused-ring (bicyclic) bond motifs is 2. The Morgan fingerprint density at radius 2 is 1.88 bits per heavy atom. The topological polar surface area (TPSA) is 114 Å². The van der Waals surface area contributed by atoms with Crippen molar-refractivity contribution < 1.29 is 24.1 Å². The smallest absolute Gasteiger partial charge is 0.253 e. The van der Waals surface area contributed by atoms with Gasteiger partial charge in [0.2, 0.25) is 0 Å². The molecule has 0 amide bonds. The minimum atomic E-state index is -0.773. The highest BCUT2D eigenvalue weighted by Crippen LogP contribution is 2.44. The first-order chi connectivity index (χ1) is 15.9. The van der Waals surface area contributed by atoms with Crippen molar-refractivity contribution in [3.63, 3.8) is 0 Å². The van der Waals surface area contributed by atoms with Crippen LogP contribution in [0.25, 0.3) is 11.2 Å². The maximum atomic E-state index is 10.6. The third kappa shape index (κ3) is 4.25. The van der Waals surface area contributed by atoms with Crippen LogP contribution in [0.4, 0.5) is 0 Å². The van der Waals surface area contributed by atoms with Gasteiger partial charge in [0.05, 0.1) is 19.3 Å². The highest BCUT2D eigenvalue weighted by molar-refractivity contribution is 7.99. The van der Waals surface area contributed by atoms with Crippen LogP contribution in [0.1, 0.15) is 39.7 Å². The molecule has 33 heavy (non-hydrogen) atoms. The number of aliphatic hydroxyl groups is 1. The minimum absolute atomic E-state index is 0.274. The van der Waals surface area contributed by atoms with Crippen molar-refractivity contribution in [3.8, 4) is 17.4 Å². The molecule has 2 aromatic heterocycles. The molecule has 1 saturated heterocycles. The number of thioether (sulfide) groups is 1. The van der Waals surface area contributed by atoms with Gasteiger partial charge in [-0.15, -0.1) is 5.10 Å². The summed E-state index contributed by atoms with van der Waals surface area (Å²) in [6.07, 6.45) is -0.0220. The van der Waals surface area contributed by atoms with Gasteiger partial charge in [-0.1, -0.05) is 23.9 Å². The molecule has 0 bridgehead atoms. The number of nitrogens with zero attached hydrogens (tertiary/aromatic N) is 5. The first-order valence-electron chi connectivity index (χ1n) is 11.0. The third-order valence-electron chi connectivity index (χ3n) is 5.70. The number of methoxy groups -OCH3 is 1. The van der Waals surface area contributed by atoms with Crippen LogP contribution < -0.4 is 9.47 Å². The maximum absolute atomic E-state index is 10.6. The highest BCUT2D eigenvalue weighted by Gasteiger charge is 2.55. The molecule has 1 aliphatic carbocycles. The Kier molecular flexibility index (Phi) is 5.89. The lowest BCUT2D eigenvalue weighted by Crippen LogP contribution is -2.29. The monoisotopic (exact) mass is 473 g/mol. The van der Waals surface area contributed by atoms with Crippen molar-refractivity contribution in [1.29, 1.82) is 0 Å². The predicted molar refractivity (Wildman–Crippen MR) is 121 cm³/mol. The summed E-state index contributed by atoms with van der Waals surface area (Å²) >= 11 is 1.54. The summed E-state index contributed by atoms with van der Waals surface area (Å²) in [6.45, 7) is 5.79. The lowest BCUT2D eigenvalue weighted by molar-refractivity contribution is -0.165. The van der Waals surface area contributed by atoms with E-state index in [2.05, 4.69) is 22.2 Å². The molecule has 2 fully saturated rings. The van der Waals surface area contributed by atoms with Gasteiger partial charge in [-0.25, -0.2) is 9.67 Å². The Balaban J connectivity index is 1.53. The number of hydrogen-bond donors (Lipinski definition) is 1. The first kappa shape index (κ1) is 22.3. The normalized spacial score (nSPS) is 26.0. The van der Waals surface area contributed by atoms with E-state index in [9.17, 15) is 5.11 Å². The molecule has 3 aromatic rings. The second-order valence-corrected chi connectivity index (χ2v) is 9.64. The fourth-order valence-electron chi connectivity index (χ4n) is 4.26. The lowest BCUT2D eigenvalue weighted by atomic mass is 10.2. The summed E-state index contributed by atoms with van der Waals surface area (Å²) in [5.41, 5.74) is 0.987. The zero-order valence-electron chi connectivity index (χ0n) is 19.0. The number of aliphatic hydroxyl groups excluding tert-OH is 1. The van der Waals surface area contributed by atoms with Crippen molar-refractivity contribution >= 4 is 22.9 Å². The summed E-state index contributed by atoms with van der Waals surface area (Å²) in [5.74, 6) is 1.76. The van der Waals surface area contributed by atoms with Gasteiger partial charge in [-0.05, 0) is 44.5 Å². The molecule has 4 atom stereocenters. The van der Waals surface area contributed by atoms with E-state index in [1.165, 1.54) is 0 Å². The predicted octanol–water partition coefficient (Wildman–Crippen LogP) is 3.35. The van der Waals surface area contributed by atoms with Gasteiger partial charge in [-0.3, -0.25) is 0 Å². The molecule has 3 heterocycles. The summed E-state index contributed by atoms with van der Waals surface area (Å²) in [6, 6.07) is 6.97. The molecule has 5 rings (SSSR count). The largest absolute Gasteiger partial charge is 0.497 e. The Labute approximate surface area is 195 Å². The van der Waals surface area contributed by atoms with Gasteiger partial charge in [-0.2, -0.15) is 4.98 Å². The molecule has 11 heteroatoms. The van der Waals surface area contributed by atoms with Gasteiger partial charge in [0.1, 0.15) is 23.7 Å². The van der Waals surface area contributed by atoms with E-state index in [1.807, 2.05) is 26.0 Å². The van der Waals surface area contributed by atoms with E-state index >= 15 is 0 Å². The van der Waals surface area contributed by atoms with Crippen molar-refractivity contribution in [2.45, 2.75) is 68.9 Å². The number of benzene rings is 1. The standard InChI is InChI=1S/C22H27N5O5S/c1-5-10-33-21-23-19-16(20(24-21)30-13-8-6-12(29-4)7-9-13)25-26-27(19)14-11-15(28)18-17(14)31-22(2,3)32-18/h6-9,14-15,17-18,28H,5,10-11H2,1-4H3/t14-,15+,17+,18-/m1/s1. The second-order valence-electron chi connectivity index (χ2n) is 8.58. The molecule has 10 nitrogen and oxygen atoms in total. The van der Waals surface area contributed by atoms with Gasteiger partial charge in [0.15, 0.2) is 22.1 Å². The van der Waals surface area contributed by atoms with Crippen LogP contribution in [-0.4, -0.2) is 67.0 Å². The fourth-order valence-corrected chi connectivity index (χ4v) is 4.95. The molecule has 0 unspecified atom stereocenters. The highest BCUT2D eigenvalue weighted by atomic mass is 32.2. The molecular weight excluding hydrogens is 446 g/mol. The number of ether oxygens (including phenoxy) is 4. The van der Waals surface area contributed by atoms with Gasteiger partial charge < -0.3 is 24.1 Å². The molecule has 0 radical (unpaired) electrons. The summed E-state index contributed by atoms with van der Waals surface area (Å²) in [4.78, 5) is 9.33. The molecular formula is C22H27N5O5S. The van der Waals surface area contributed by atoms with E-state index in [0.717, 1.165) is 17.9 Å². The van der Waals surface area contributed by atoms with Crippen LogP contribution in [0.3, 0.4) is 0 Å². The molecule has 1 aromatic carbocycles. The van der Waals surface area contributed by atoms with Crippen LogP contribution >= 0.6 is 11.8 Å². The Morgan fingerprint density at radius 1 is 1.15 bits per heavy atom. The number of hydrogen-bond acceptors (Lipinski definition) is 10. The molecule has 176 valence electrons. The Morgan fingerprint density at radius 3 is 2.61 bits per heavy atom. The number of aromatic nitrogens is 5. The van der Waals surface area contributed by atoms with E-state index in [1.54, 1.807) is 35.7 Å². The van der Waals surface area contributed by atoms with Gasteiger partial charge in [0, 0.05) is 12.2 Å². The first-order valence-corrected chi connectivity index (χ1v) is 12.0. The SMILES string of the molecule is CCCSc1nc(Oc2ccc(OC)cc2)c2nnn([C@@H]3C[C@H](O)[C@H]4OC(C)(C)O[C@H]43)c2n1. The zero-order valence-corrected chi connectivity index (χ0v) is 19.8. The lowest BCUT2D eigenvalue weighted by Gasteiger charge is -2.22. The summed E-state index contributed by atoms with van der Waals surface area (Å²) in [5, 5.41) is 19.9. The van der Waals surface area contributed by atoms with Crippen LogP contribution in [0, 0.1) is 0 Å². The second kappa shape index (κ2) is 8.71. The van der Waals surface area contributed by atoms with Crippen molar-refractivity contribution in [2.75, 3.05) is 12.9 Å². The molecule has 1 N–H and O–H groups in total. The van der Waals surface area contributed by atoms with Crippen LogP contribution in [0.15, 0.2) is 29.4 Å². The van der Waals surface area contributed by atoms with E-state index < -0.39 is 18.0 Å². The Bertz CT molecular complexity index is 1140. The molecule has 2 aliphatic rings. The average molecular weight is 474 g/mol. The fraction of sp³-hybridized carbons (Fsp3) is 0.545. The third-order valence-corrected chi connectivity index (χ3v) is 6.75. The van der Waals surface area contributed by atoms with E-state index in [0.29, 0.717) is 34.4 Å². The quantitative estimate of drug-likeness (QED) is 0.405. The van der Waals surface area contributed by atoms with Crippen molar-refractivity contribution in [1.82, 2.24) is 25.0 Å². The molecule has 0 spiro atoms. The van der Waals surface area contributed by atoms with Crippen LogP contribution in [0.5, 0.6) is 17.4 Å². The van der Waals surface area contributed by atoms with E-state index in [4.69, 9.17) is 23.9 Å². The van der Waals surface area contributed by atoms with E-state index in [-0.39, 0.29) is 12.1 Å². The maximum Gasteiger partial charge on any atom is 0.253 e. The van der Waals surface area contributed by atoms with Crippen molar-refractivity contribution in [2.24, 2.45) is 0 Å². The van der Waals surface area contributed by atoms with Crippen molar-refractivity contribution in [3.05, 3.63) is 24.3 Å². The Hall–Kier alpha value is -2.47. The molecule has 1 aliphatic heterocycles. The van der Waals surface area contributed by atoms with Gasteiger partial charge >= 0.3 is 0 Å². The summed E-state index contributed by atoms with van der Waals surface area (Å²) in [7, 11) is 1.62. The van der Waals surface area contributed by atoms with Crippen LogP contribution in [0.2, 0.25) is 0 Å². The van der Waals surface area contributed by atoms with Gasteiger partial charge in [0.25, 0.3) is 5.88 Å². The minimum Gasteiger partial charge on any atom is -0.497 e. The summed E-state index contributed by atoms with van der Waals surface area (Å²) < 4.78 is 25.0. The molecule has 1 saturated carbocycles. The van der Waals surface area contributed by atoms with Crippen LogP contribution in [-0.2, 0) is 9.47 Å². The average Bonchev–Trinajstić information content (AvgIpc) is 3.44. The number of rotatable bonds is 7.